The molecule has 1 N–H and O–H groups in total. The van der Waals surface area contributed by atoms with Crippen LogP contribution in [0.3, 0.4) is 0 Å². The molecule has 3 rings (SSSR count). The van der Waals surface area contributed by atoms with Crippen molar-refractivity contribution in [1.29, 1.82) is 0 Å². The average Bonchev–Trinajstić information content (AvgIpc) is 3.14. The maximum absolute atomic E-state index is 12.1. The van der Waals surface area contributed by atoms with Gasteiger partial charge in [0.2, 0.25) is 0 Å². The van der Waals surface area contributed by atoms with Crippen molar-refractivity contribution in [3.63, 3.8) is 0 Å². The van der Waals surface area contributed by atoms with Gasteiger partial charge in [-0.25, -0.2) is 13.1 Å². The van der Waals surface area contributed by atoms with Crippen LogP contribution in [-0.4, -0.2) is 47.4 Å². The van der Waals surface area contributed by atoms with Crippen molar-refractivity contribution in [3.8, 4) is 11.4 Å². The number of rotatable bonds is 6. The van der Waals surface area contributed by atoms with Crippen LogP contribution in [0, 0.1) is 0 Å². The minimum absolute atomic E-state index is 0.0500. The van der Waals surface area contributed by atoms with Gasteiger partial charge in [0.15, 0.2) is 16.4 Å². The molecule has 0 fully saturated rings. The van der Waals surface area contributed by atoms with Crippen LogP contribution in [0.25, 0.3) is 5.69 Å². The van der Waals surface area contributed by atoms with Crippen molar-refractivity contribution >= 4 is 21.4 Å². The summed E-state index contributed by atoms with van der Waals surface area (Å²) >= 11 is 0. The van der Waals surface area contributed by atoms with Crippen LogP contribution in [0.1, 0.15) is 0 Å². The first-order valence-electron chi connectivity index (χ1n) is 7.48. The SMILES string of the molecule is CS(=O)(=O)c1ccccc1NC(=O)COc1cccc(-n2cnnn2)c1. The fourth-order valence-electron chi connectivity index (χ4n) is 2.22. The van der Waals surface area contributed by atoms with Gasteiger partial charge in [-0.3, -0.25) is 4.79 Å². The summed E-state index contributed by atoms with van der Waals surface area (Å²) in [5.41, 5.74) is 0.890. The molecule has 0 spiro atoms. The van der Waals surface area contributed by atoms with E-state index in [9.17, 15) is 13.2 Å². The van der Waals surface area contributed by atoms with Crippen molar-refractivity contribution < 1.29 is 17.9 Å². The molecule has 2 aromatic carbocycles. The molecule has 0 saturated heterocycles. The zero-order valence-electron chi connectivity index (χ0n) is 13.7. The Labute approximate surface area is 149 Å². The Bertz CT molecular complexity index is 1020. The summed E-state index contributed by atoms with van der Waals surface area (Å²) in [5.74, 6) is -0.0292. The van der Waals surface area contributed by atoms with Crippen molar-refractivity contribution in [3.05, 3.63) is 54.9 Å². The third-order valence-corrected chi connectivity index (χ3v) is 4.52. The Balaban J connectivity index is 1.66. The Hall–Kier alpha value is -3.27. The monoisotopic (exact) mass is 373 g/mol. The average molecular weight is 373 g/mol. The third-order valence-electron chi connectivity index (χ3n) is 3.36. The van der Waals surface area contributed by atoms with Crippen LogP contribution in [0.5, 0.6) is 5.75 Å². The molecule has 10 heteroatoms. The van der Waals surface area contributed by atoms with E-state index in [0.717, 1.165) is 6.26 Å². The van der Waals surface area contributed by atoms with Crippen LogP contribution < -0.4 is 10.1 Å². The molecule has 0 aliphatic rings. The molecule has 0 saturated carbocycles. The zero-order chi connectivity index (χ0) is 18.6. The molecule has 1 amide bonds. The standard InChI is InChI=1S/C16H15N5O4S/c1-26(23,24)15-8-3-2-7-14(15)18-16(22)10-25-13-6-4-5-12(9-13)21-11-17-19-20-21/h2-9,11H,10H2,1H3,(H,18,22). The van der Waals surface area contributed by atoms with Crippen molar-refractivity contribution in [2.24, 2.45) is 0 Å². The fraction of sp³-hybridized carbons (Fsp3) is 0.125. The highest BCUT2D eigenvalue weighted by molar-refractivity contribution is 7.90. The second-order valence-electron chi connectivity index (χ2n) is 5.36. The lowest BCUT2D eigenvalue weighted by atomic mass is 10.3. The van der Waals surface area contributed by atoms with Gasteiger partial charge in [-0.2, -0.15) is 0 Å². The number of aromatic nitrogens is 4. The molecule has 0 aliphatic carbocycles. The second-order valence-corrected chi connectivity index (χ2v) is 7.34. The molecule has 9 nitrogen and oxygen atoms in total. The fourth-order valence-corrected chi connectivity index (χ4v) is 3.07. The predicted octanol–water partition coefficient (Wildman–Crippen LogP) is 1.08. The summed E-state index contributed by atoms with van der Waals surface area (Å²) in [6.07, 6.45) is 2.52. The Morgan fingerprint density at radius 1 is 1.19 bits per heavy atom. The quantitative estimate of drug-likeness (QED) is 0.687. The Kier molecular flexibility index (Phi) is 4.94. The first-order chi connectivity index (χ1) is 12.4. The summed E-state index contributed by atoms with van der Waals surface area (Å²) < 4.78 is 30.4. The molecule has 0 bridgehead atoms. The van der Waals surface area contributed by atoms with Gasteiger partial charge in [0, 0.05) is 12.3 Å². The second kappa shape index (κ2) is 7.31. The molecule has 134 valence electrons. The summed E-state index contributed by atoms with van der Waals surface area (Å²) in [4.78, 5) is 12.2. The third kappa shape index (κ3) is 4.22. The minimum atomic E-state index is -3.45. The molecular weight excluding hydrogens is 358 g/mol. The van der Waals surface area contributed by atoms with Gasteiger partial charge in [-0.15, -0.1) is 5.10 Å². The van der Waals surface area contributed by atoms with Crippen LogP contribution >= 0.6 is 0 Å². The van der Waals surface area contributed by atoms with Gasteiger partial charge < -0.3 is 10.1 Å². The summed E-state index contributed by atoms with van der Waals surface area (Å²) in [7, 11) is -3.45. The van der Waals surface area contributed by atoms with E-state index in [4.69, 9.17) is 4.74 Å². The summed E-state index contributed by atoms with van der Waals surface area (Å²) in [6.45, 7) is -0.281. The van der Waals surface area contributed by atoms with E-state index in [2.05, 4.69) is 20.8 Å². The molecule has 1 aromatic heterocycles. The molecule has 0 aliphatic heterocycles. The number of amides is 1. The number of benzene rings is 2. The number of carbonyl (C=O) groups is 1. The highest BCUT2D eigenvalue weighted by Gasteiger charge is 2.14. The van der Waals surface area contributed by atoms with Crippen LogP contribution in [0.15, 0.2) is 59.8 Å². The number of hydrogen-bond donors (Lipinski definition) is 1. The Morgan fingerprint density at radius 2 is 2.00 bits per heavy atom. The van der Waals surface area contributed by atoms with Gasteiger partial charge in [0.05, 0.1) is 16.3 Å². The van der Waals surface area contributed by atoms with Crippen LogP contribution in [-0.2, 0) is 14.6 Å². The normalized spacial score (nSPS) is 11.1. The molecule has 1 heterocycles. The van der Waals surface area contributed by atoms with Gasteiger partial charge in [-0.1, -0.05) is 18.2 Å². The van der Waals surface area contributed by atoms with Crippen LogP contribution in [0.2, 0.25) is 0 Å². The molecule has 3 aromatic rings. The number of nitrogens with one attached hydrogen (secondary N) is 1. The van der Waals surface area contributed by atoms with Crippen molar-refractivity contribution in [2.45, 2.75) is 4.90 Å². The van der Waals surface area contributed by atoms with Crippen molar-refractivity contribution in [2.75, 3.05) is 18.2 Å². The first kappa shape index (κ1) is 17.5. The van der Waals surface area contributed by atoms with Crippen molar-refractivity contribution in [1.82, 2.24) is 20.2 Å². The topological polar surface area (TPSA) is 116 Å². The molecule has 26 heavy (non-hydrogen) atoms. The lowest BCUT2D eigenvalue weighted by Crippen LogP contribution is -2.21. The summed E-state index contributed by atoms with van der Waals surface area (Å²) in [6, 6.07) is 13.1. The number of sulfone groups is 1. The van der Waals surface area contributed by atoms with E-state index in [-0.39, 0.29) is 17.2 Å². The van der Waals surface area contributed by atoms with E-state index in [1.54, 1.807) is 36.4 Å². The Morgan fingerprint density at radius 3 is 2.73 bits per heavy atom. The highest BCUT2D eigenvalue weighted by Crippen LogP contribution is 2.21. The van der Waals surface area contributed by atoms with Gasteiger partial charge in [-0.05, 0) is 34.7 Å². The van der Waals surface area contributed by atoms with Gasteiger partial charge >= 0.3 is 0 Å². The van der Waals surface area contributed by atoms with E-state index in [1.807, 2.05) is 0 Å². The van der Waals surface area contributed by atoms with Crippen LogP contribution in [0.4, 0.5) is 5.69 Å². The lowest BCUT2D eigenvalue weighted by Gasteiger charge is -2.11. The van der Waals surface area contributed by atoms with E-state index in [1.165, 1.54) is 23.1 Å². The van der Waals surface area contributed by atoms with E-state index < -0.39 is 15.7 Å². The maximum atomic E-state index is 12.1. The number of hydrogen-bond acceptors (Lipinski definition) is 7. The smallest absolute Gasteiger partial charge is 0.262 e. The number of tetrazole rings is 1. The largest absolute Gasteiger partial charge is 0.484 e. The number of anilines is 1. The number of ether oxygens (including phenoxy) is 1. The number of para-hydroxylation sites is 1. The molecule has 0 atom stereocenters. The number of nitrogens with zero attached hydrogens (tertiary/aromatic N) is 4. The van der Waals surface area contributed by atoms with Gasteiger partial charge in [0.1, 0.15) is 12.1 Å². The summed E-state index contributed by atoms with van der Waals surface area (Å²) in [5, 5.41) is 13.4. The molecule has 0 unspecified atom stereocenters. The minimum Gasteiger partial charge on any atom is -0.484 e. The highest BCUT2D eigenvalue weighted by atomic mass is 32.2. The zero-order valence-corrected chi connectivity index (χ0v) is 14.5. The predicted molar refractivity (Wildman–Crippen MR) is 92.8 cm³/mol. The maximum Gasteiger partial charge on any atom is 0.262 e. The molecular formula is C16H15N5O4S. The molecule has 0 radical (unpaired) electrons. The van der Waals surface area contributed by atoms with Gasteiger partial charge in [0.25, 0.3) is 5.91 Å². The van der Waals surface area contributed by atoms with E-state index >= 15 is 0 Å². The first-order valence-corrected chi connectivity index (χ1v) is 9.38. The lowest BCUT2D eigenvalue weighted by molar-refractivity contribution is -0.118. The van der Waals surface area contributed by atoms with E-state index in [0.29, 0.717) is 11.4 Å². The number of carbonyl (C=O) groups excluding carboxylic acids is 1.